The molecule has 0 atom stereocenters. The second kappa shape index (κ2) is 6.38. The molecule has 1 aromatic carbocycles. The van der Waals surface area contributed by atoms with Gasteiger partial charge in [0.25, 0.3) is 5.69 Å². The molecule has 0 aliphatic rings. The number of hydrogen-bond acceptors (Lipinski definition) is 4. The average Bonchev–Trinajstić information content (AvgIpc) is 2.70. The summed E-state index contributed by atoms with van der Waals surface area (Å²) >= 11 is 0. The number of benzene rings is 1. The Bertz CT molecular complexity index is 704. The Balaban J connectivity index is 1.94. The van der Waals surface area contributed by atoms with Crippen molar-refractivity contribution in [2.75, 3.05) is 5.32 Å². The van der Waals surface area contributed by atoms with Gasteiger partial charge in [-0.2, -0.15) is 5.10 Å². The molecule has 116 valence electrons. The first kappa shape index (κ1) is 15.7. The normalized spacial score (nSPS) is 10.5. The number of hydrogen-bond donors (Lipinski definition) is 1. The van der Waals surface area contributed by atoms with Crippen LogP contribution in [0.2, 0.25) is 0 Å². The number of rotatable bonds is 5. The van der Waals surface area contributed by atoms with Crippen LogP contribution in [0.25, 0.3) is 0 Å². The number of anilines is 1. The van der Waals surface area contributed by atoms with Gasteiger partial charge >= 0.3 is 0 Å². The van der Waals surface area contributed by atoms with Crippen LogP contribution in [0.4, 0.5) is 11.4 Å². The first-order valence-corrected chi connectivity index (χ1v) is 6.92. The minimum absolute atomic E-state index is 0.000362. The van der Waals surface area contributed by atoms with Gasteiger partial charge in [-0.25, -0.2) is 0 Å². The topological polar surface area (TPSA) is 90.1 Å². The van der Waals surface area contributed by atoms with E-state index in [-0.39, 0.29) is 11.6 Å². The van der Waals surface area contributed by atoms with Crippen LogP contribution in [0, 0.1) is 24.0 Å². The zero-order valence-electron chi connectivity index (χ0n) is 12.8. The molecule has 1 amide bonds. The van der Waals surface area contributed by atoms with Crippen molar-refractivity contribution in [2.45, 2.75) is 26.7 Å². The Labute approximate surface area is 128 Å². The van der Waals surface area contributed by atoms with Crippen molar-refractivity contribution >= 4 is 17.3 Å². The Kier molecular flexibility index (Phi) is 4.55. The standard InChI is InChI=1S/C15H18N4O3/c1-10-14(11(2)18(3)17-10)8-9-15(20)16-12-4-6-13(7-5-12)19(21)22/h4-7H,8-9H2,1-3H3,(H,16,20). The fourth-order valence-corrected chi connectivity index (χ4v) is 2.31. The van der Waals surface area contributed by atoms with Crippen molar-refractivity contribution in [1.29, 1.82) is 0 Å². The summed E-state index contributed by atoms with van der Waals surface area (Å²) < 4.78 is 1.80. The molecule has 0 saturated heterocycles. The minimum atomic E-state index is -0.473. The van der Waals surface area contributed by atoms with Gasteiger partial charge in [-0.1, -0.05) is 0 Å². The molecule has 2 rings (SSSR count). The number of aryl methyl sites for hydroxylation is 2. The summed E-state index contributed by atoms with van der Waals surface area (Å²) in [4.78, 5) is 22.1. The number of carbonyl (C=O) groups is 1. The van der Waals surface area contributed by atoms with Gasteiger partial charge in [0.2, 0.25) is 5.91 Å². The van der Waals surface area contributed by atoms with Crippen molar-refractivity contribution in [3.63, 3.8) is 0 Å². The summed E-state index contributed by atoms with van der Waals surface area (Å²) in [5.41, 5.74) is 3.62. The summed E-state index contributed by atoms with van der Waals surface area (Å²) in [6, 6.07) is 5.78. The first-order chi connectivity index (χ1) is 10.4. The van der Waals surface area contributed by atoms with E-state index in [1.165, 1.54) is 24.3 Å². The second-order valence-electron chi connectivity index (χ2n) is 5.13. The lowest BCUT2D eigenvalue weighted by Gasteiger charge is -2.05. The third-order valence-electron chi connectivity index (χ3n) is 3.62. The fourth-order valence-electron chi connectivity index (χ4n) is 2.31. The van der Waals surface area contributed by atoms with Gasteiger partial charge in [-0.05, 0) is 38.0 Å². The number of nitro groups is 1. The number of carbonyl (C=O) groups excluding carboxylic acids is 1. The second-order valence-corrected chi connectivity index (χ2v) is 5.13. The number of aromatic nitrogens is 2. The van der Waals surface area contributed by atoms with E-state index in [4.69, 9.17) is 0 Å². The zero-order chi connectivity index (χ0) is 16.3. The predicted molar refractivity (Wildman–Crippen MR) is 82.7 cm³/mol. The molecule has 0 bridgehead atoms. The predicted octanol–water partition coefficient (Wildman–Crippen LogP) is 2.52. The van der Waals surface area contributed by atoms with Gasteiger partial charge in [-0.15, -0.1) is 0 Å². The average molecular weight is 302 g/mol. The van der Waals surface area contributed by atoms with E-state index in [2.05, 4.69) is 10.4 Å². The van der Waals surface area contributed by atoms with E-state index in [0.717, 1.165) is 17.0 Å². The lowest BCUT2D eigenvalue weighted by Crippen LogP contribution is -2.12. The number of amides is 1. The molecule has 7 heteroatoms. The van der Waals surface area contributed by atoms with Gasteiger partial charge in [-0.3, -0.25) is 19.6 Å². The molecule has 0 unspecified atom stereocenters. The molecule has 0 saturated carbocycles. The van der Waals surface area contributed by atoms with Gasteiger partial charge in [0.15, 0.2) is 0 Å². The molecule has 22 heavy (non-hydrogen) atoms. The fraction of sp³-hybridized carbons (Fsp3) is 0.333. The number of nitrogens with zero attached hydrogens (tertiary/aromatic N) is 3. The van der Waals surface area contributed by atoms with Gasteiger partial charge in [0, 0.05) is 37.0 Å². The number of non-ortho nitro benzene ring substituents is 1. The van der Waals surface area contributed by atoms with Gasteiger partial charge in [0.05, 0.1) is 10.6 Å². The van der Waals surface area contributed by atoms with Crippen LogP contribution in [0.1, 0.15) is 23.4 Å². The van der Waals surface area contributed by atoms with Crippen LogP contribution in [0.5, 0.6) is 0 Å². The number of nitrogens with one attached hydrogen (secondary N) is 1. The highest BCUT2D eigenvalue weighted by Crippen LogP contribution is 2.17. The van der Waals surface area contributed by atoms with Crippen molar-refractivity contribution in [2.24, 2.45) is 7.05 Å². The Morgan fingerprint density at radius 1 is 1.32 bits per heavy atom. The Morgan fingerprint density at radius 2 is 1.95 bits per heavy atom. The molecule has 0 aliphatic heterocycles. The smallest absolute Gasteiger partial charge is 0.269 e. The molecule has 0 fully saturated rings. The molecule has 1 heterocycles. The zero-order valence-corrected chi connectivity index (χ0v) is 12.8. The van der Waals surface area contributed by atoms with Crippen LogP contribution in [-0.2, 0) is 18.3 Å². The summed E-state index contributed by atoms with van der Waals surface area (Å²) in [5.74, 6) is -0.128. The van der Waals surface area contributed by atoms with E-state index in [1.807, 2.05) is 20.9 Å². The van der Waals surface area contributed by atoms with E-state index >= 15 is 0 Å². The highest BCUT2D eigenvalue weighted by molar-refractivity contribution is 5.90. The summed E-state index contributed by atoms with van der Waals surface area (Å²) in [7, 11) is 1.88. The maximum Gasteiger partial charge on any atom is 0.269 e. The number of nitro benzene ring substituents is 1. The van der Waals surface area contributed by atoms with Gasteiger partial charge in [0.1, 0.15) is 0 Å². The van der Waals surface area contributed by atoms with Crippen LogP contribution >= 0.6 is 0 Å². The van der Waals surface area contributed by atoms with Crippen LogP contribution in [0.15, 0.2) is 24.3 Å². The molecule has 7 nitrogen and oxygen atoms in total. The quantitative estimate of drug-likeness (QED) is 0.678. The largest absolute Gasteiger partial charge is 0.326 e. The maximum atomic E-state index is 12.0. The van der Waals surface area contributed by atoms with Crippen molar-refractivity contribution in [3.8, 4) is 0 Å². The third kappa shape index (κ3) is 3.49. The molecule has 0 spiro atoms. The summed E-state index contributed by atoms with van der Waals surface area (Å²) in [5, 5.41) is 17.6. The molecular formula is C15H18N4O3. The van der Waals surface area contributed by atoms with Crippen LogP contribution < -0.4 is 5.32 Å². The van der Waals surface area contributed by atoms with Crippen molar-refractivity contribution < 1.29 is 9.72 Å². The SMILES string of the molecule is Cc1nn(C)c(C)c1CCC(=O)Nc1ccc([N+](=O)[O-])cc1. The monoisotopic (exact) mass is 302 g/mol. The first-order valence-electron chi connectivity index (χ1n) is 6.92. The van der Waals surface area contributed by atoms with Crippen LogP contribution in [0.3, 0.4) is 0 Å². The maximum absolute atomic E-state index is 12.0. The molecule has 1 aromatic heterocycles. The lowest BCUT2D eigenvalue weighted by atomic mass is 10.1. The Morgan fingerprint density at radius 3 is 2.45 bits per heavy atom. The van der Waals surface area contributed by atoms with Gasteiger partial charge < -0.3 is 5.32 Å². The summed E-state index contributed by atoms with van der Waals surface area (Å²) in [6.45, 7) is 3.90. The van der Waals surface area contributed by atoms with Crippen molar-refractivity contribution in [3.05, 3.63) is 51.3 Å². The molecule has 2 aromatic rings. The highest BCUT2D eigenvalue weighted by Gasteiger charge is 2.12. The molecular weight excluding hydrogens is 284 g/mol. The highest BCUT2D eigenvalue weighted by atomic mass is 16.6. The summed E-state index contributed by atoms with van der Waals surface area (Å²) in [6.07, 6.45) is 0.953. The minimum Gasteiger partial charge on any atom is -0.326 e. The molecule has 1 N–H and O–H groups in total. The third-order valence-corrected chi connectivity index (χ3v) is 3.62. The molecule has 0 aliphatic carbocycles. The molecule has 0 radical (unpaired) electrons. The van der Waals surface area contributed by atoms with E-state index in [9.17, 15) is 14.9 Å². The van der Waals surface area contributed by atoms with E-state index < -0.39 is 4.92 Å². The van der Waals surface area contributed by atoms with Crippen LogP contribution in [-0.4, -0.2) is 20.6 Å². The van der Waals surface area contributed by atoms with Crippen molar-refractivity contribution in [1.82, 2.24) is 9.78 Å². The van der Waals surface area contributed by atoms with E-state index in [0.29, 0.717) is 18.5 Å². The van der Waals surface area contributed by atoms with E-state index in [1.54, 1.807) is 4.68 Å². The lowest BCUT2D eigenvalue weighted by molar-refractivity contribution is -0.384. The Hall–Kier alpha value is -2.70.